The maximum atomic E-state index is 5.97. The number of halogens is 1. The second-order valence-electron chi connectivity index (χ2n) is 4.24. The van der Waals surface area contributed by atoms with Crippen LogP contribution in [-0.4, -0.2) is 16.1 Å². The zero-order chi connectivity index (χ0) is 13.8. The Bertz CT molecular complexity index is 557. The number of nitrogens with zero attached hydrogens (tertiary/aromatic N) is 2. The van der Waals surface area contributed by atoms with Crippen LogP contribution in [0.15, 0.2) is 30.6 Å². The normalized spacial score (nSPS) is 10.5. The molecule has 0 aliphatic carbocycles. The van der Waals surface area contributed by atoms with E-state index < -0.39 is 0 Å². The third-order valence-electron chi connectivity index (χ3n) is 2.30. The molecule has 1 aromatic heterocycles. The van der Waals surface area contributed by atoms with Crippen LogP contribution in [0.3, 0.4) is 0 Å². The quantitative estimate of drug-likeness (QED) is 0.898. The van der Waals surface area contributed by atoms with Crippen molar-refractivity contribution in [3.63, 3.8) is 0 Å². The van der Waals surface area contributed by atoms with E-state index in [1.54, 1.807) is 12.1 Å². The lowest BCUT2D eigenvalue weighted by atomic mass is 10.3. The van der Waals surface area contributed by atoms with Gasteiger partial charge in [-0.3, -0.25) is 0 Å². The average Bonchev–Trinajstić information content (AvgIpc) is 2.36. The first kappa shape index (κ1) is 13.4. The first-order valence-electron chi connectivity index (χ1n) is 5.86. The highest BCUT2D eigenvalue weighted by Gasteiger charge is 2.10. The molecular weight excluding hydrogens is 264 g/mol. The highest BCUT2D eigenvalue weighted by Crippen LogP contribution is 2.28. The number of aromatic nitrogens is 2. The van der Waals surface area contributed by atoms with Gasteiger partial charge < -0.3 is 15.8 Å². The molecule has 0 aliphatic rings. The topological polar surface area (TPSA) is 73.1 Å². The average molecular weight is 279 g/mol. The maximum absolute atomic E-state index is 5.97. The zero-order valence-electron chi connectivity index (χ0n) is 10.7. The number of nitrogens with one attached hydrogen (secondary N) is 1. The van der Waals surface area contributed by atoms with Gasteiger partial charge in [0.15, 0.2) is 5.82 Å². The summed E-state index contributed by atoms with van der Waals surface area (Å²) in [6.07, 6.45) is 1.41. The molecule has 0 radical (unpaired) electrons. The van der Waals surface area contributed by atoms with Crippen molar-refractivity contribution in [2.45, 2.75) is 20.0 Å². The van der Waals surface area contributed by atoms with Crippen molar-refractivity contribution in [1.82, 2.24) is 9.97 Å². The first-order chi connectivity index (χ1) is 9.06. The number of anilines is 3. The summed E-state index contributed by atoms with van der Waals surface area (Å²) in [6, 6.07) is 7.25. The van der Waals surface area contributed by atoms with Crippen LogP contribution < -0.4 is 15.8 Å². The molecule has 0 bridgehead atoms. The van der Waals surface area contributed by atoms with Gasteiger partial charge in [-0.1, -0.05) is 11.6 Å². The molecule has 100 valence electrons. The fourth-order valence-corrected chi connectivity index (χ4v) is 1.59. The van der Waals surface area contributed by atoms with E-state index in [4.69, 9.17) is 22.1 Å². The minimum Gasteiger partial charge on any atom is -0.473 e. The van der Waals surface area contributed by atoms with Crippen molar-refractivity contribution >= 4 is 28.8 Å². The Balaban J connectivity index is 2.23. The van der Waals surface area contributed by atoms with Gasteiger partial charge in [0.05, 0.1) is 6.10 Å². The van der Waals surface area contributed by atoms with Gasteiger partial charge in [-0.05, 0) is 38.1 Å². The van der Waals surface area contributed by atoms with Gasteiger partial charge in [-0.15, -0.1) is 0 Å². The Kier molecular flexibility index (Phi) is 4.06. The summed E-state index contributed by atoms with van der Waals surface area (Å²) in [7, 11) is 0. The summed E-state index contributed by atoms with van der Waals surface area (Å²) in [4.78, 5) is 8.12. The molecule has 2 rings (SSSR count). The first-order valence-corrected chi connectivity index (χ1v) is 6.24. The lowest BCUT2D eigenvalue weighted by Gasteiger charge is -2.13. The Morgan fingerprint density at radius 2 is 1.89 bits per heavy atom. The number of ether oxygens (including phenoxy) is 1. The van der Waals surface area contributed by atoms with Gasteiger partial charge in [0.1, 0.15) is 12.0 Å². The molecule has 0 aliphatic heterocycles. The number of hydrogen-bond donors (Lipinski definition) is 2. The molecule has 5 nitrogen and oxygen atoms in total. The summed E-state index contributed by atoms with van der Waals surface area (Å²) in [5.74, 6) is 0.884. The van der Waals surface area contributed by atoms with Gasteiger partial charge >= 0.3 is 0 Å². The minimum absolute atomic E-state index is 0.000539. The van der Waals surface area contributed by atoms with E-state index in [1.807, 2.05) is 26.0 Å². The van der Waals surface area contributed by atoms with Crippen LogP contribution in [0.5, 0.6) is 5.88 Å². The van der Waals surface area contributed by atoms with E-state index in [0.29, 0.717) is 22.4 Å². The predicted octanol–water partition coefficient (Wildman–Crippen LogP) is 3.24. The Morgan fingerprint density at radius 1 is 1.21 bits per heavy atom. The molecule has 0 saturated heterocycles. The maximum Gasteiger partial charge on any atom is 0.242 e. The molecule has 1 heterocycles. The van der Waals surface area contributed by atoms with Crippen molar-refractivity contribution in [2.24, 2.45) is 0 Å². The molecule has 0 amide bonds. The summed E-state index contributed by atoms with van der Waals surface area (Å²) < 4.78 is 5.51. The van der Waals surface area contributed by atoms with Gasteiger partial charge in [0, 0.05) is 10.7 Å². The molecule has 0 fully saturated rings. The highest BCUT2D eigenvalue weighted by atomic mass is 35.5. The lowest BCUT2D eigenvalue weighted by Crippen LogP contribution is -2.10. The minimum atomic E-state index is 0.000539. The Labute approximate surface area is 116 Å². The molecule has 19 heavy (non-hydrogen) atoms. The lowest BCUT2D eigenvalue weighted by molar-refractivity contribution is 0.234. The van der Waals surface area contributed by atoms with E-state index >= 15 is 0 Å². The van der Waals surface area contributed by atoms with E-state index in [0.717, 1.165) is 5.69 Å². The van der Waals surface area contributed by atoms with Crippen LogP contribution in [0.1, 0.15) is 13.8 Å². The molecule has 0 saturated carbocycles. The largest absolute Gasteiger partial charge is 0.473 e. The predicted molar refractivity (Wildman–Crippen MR) is 76.9 cm³/mol. The Hall–Kier alpha value is -2.01. The van der Waals surface area contributed by atoms with Crippen molar-refractivity contribution in [3.8, 4) is 5.88 Å². The van der Waals surface area contributed by atoms with Crippen molar-refractivity contribution in [2.75, 3.05) is 11.1 Å². The summed E-state index contributed by atoms with van der Waals surface area (Å²) in [6.45, 7) is 3.82. The van der Waals surface area contributed by atoms with Crippen LogP contribution in [0.25, 0.3) is 0 Å². The second kappa shape index (κ2) is 5.75. The smallest absolute Gasteiger partial charge is 0.242 e. The molecule has 6 heteroatoms. The fraction of sp³-hybridized carbons (Fsp3) is 0.231. The Morgan fingerprint density at radius 3 is 2.53 bits per heavy atom. The molecule has 3 N–H and O–H groups in total. The summed E-state index contributed by atoms with van der Waals surface area (Å²) >= 11 is 5.83. The summed E-state index contributed by atoms with van der Waals surface area (Å²) in [5.41, 5.74) is 7.19. The zero-order valence-corrected chi connectivity index (χ0v) is 11.5. The van der Waals surface area contributed by atoms with Crippen LogP contribution in [0.2, 0.25) is 5.02 Å². The third kappa shape index (κ3) is 3.48. The standard InChI is InChI=1S/C13H15ClN4O/c1-8(2)19-13-11(15)12(16-7-17-13)18-10-5-3-9(14)4-6-10/h3-8H,15H2,1-2H3,(H,16,17,18). The van der Waals surface area contributed by atoms with Gasteiger partial charge in [-0.25, -0.2) is 4.98 Å². The molecule has 0 atom stereocenters. The number of benzene rings is 1. The molecule has 0 unspecified atom stereocenters. The van der Waals surface area contributed by atoms with Crippen LogP contribution in [0.4, 0.5) is 17.2 Å². The SMILES string of the molecule is CC(C)Oc1ncnc(Nc2ccc(Cl)cc2)c1N. The molecule has 1 aromatic carbocycles. The highest BCUT2D eigenvalue weighted by molar-refractivity contribution is 6.30. The van der Waals surface area contributed by atoms with Crippen LogP contribution >= 0.6 is 11.6 Å². The third-order valence-corrected chi connectivity index (χ3v) is 2.55. The van der Waals surface area contributed by atoms with Gasteiger partial charge in [0.25, 0.3) is 0 Å². The fourth-order valence-electron chi connectivity index (χ4n) is 1.47. The molecule has 0 spiro atoms. The van der Waals surface area contributed by atoms with E-state index in [9.17, 15) is 0 Å². The van der Waals surface area contributed by atoms with Crippen molar-refractivity contribution in [3.05, 3.63) is 35.6 Å². The van der Waals surface area contributed by atoms with E-state index in [1.165, 1.54) is 6.33 Å². The van der Waals surface area contributed by atoms with Crippen LogP contribution in [-0.2, 0) is 0 Å². The van der Waals surface area contributed by atoms with Crippen molar-refractivity contribution < 1.29 is 4.74 Å². The van der Waals surface area contributed by atoms with E-state index in [-0.39, 0.29) is 6.10 Å². The van der Waals surface area contributed by atoms with Crippen molar-refractivity contribution in [1.29, 1.82) is 0 Å². The number of nitrogen functional groups attached to an aromatic ring is 1. The number of nitrogens with two attached hydrogens (primary N) is 1. The second-order valence-corrected chi connectivity index (χ2v) is 4.68. The van der Waals surface area contributed by atoms with E-state index in [2.05, 4.69) is 15.3 Å². The molecule has 2 aromatic rings. The summed E-state index contributed by atoms with van der Waals surface area (Å²) in [5, 5.41) is 3.77. The number of rotatable bonds is 4. The van der Waals surface area contributed by atoms with Gasteiger partial charge in [0.2, 0.25) is 5.88 Å². The monoisotopic (exact) mass is 278 g/mol. The molecular formula is C13H15ClN4O. The number of hydrogen-bond acceptors (Lipinski definition) is 5. The van der Waals surface area contributed by atoms with Gasteiger partial charge in [-0.2, -0.15) is 4.98 Å². The van der Waals surface area contributed by atoms with Crippen LogP contribution in [0, 0.1) is 0 Å².